The van der Waals surface area contributed by atoms with Crippen molar-refractivity contribution < 1.29 is 23.1 Å². The van der Waals surface area contributed by atoms with Gasteiger partial charge in [-0.05, 0) is 118 Å². The molecule has 2 aromatic carbocycles. The molecule has 1 saturated heterocycles. The average Bonchev–Trinajstić information content (AvgIpc) is 3.79. The monoisotopic (exact) mass is 675 g/mol. The summed E-state index contributed by atoms with van der Waals surface area (Å²) in [5.41, 5.74) is 5.34. The van der Waals surface area contributed by atoms with Crippen molar-refractivity contribution in [3.05, 3.63) is 91.4 Å². The van der Waals surface area contributed by atoms with E-state index in [2.05, 4.69) is 10.2 Å². The molecule has 2 atom stereocenters. The molecule has 1 spiro atoms. The van der Waals surface area contributed by atoms with E-state index in [1.807, 2.05) is 53.7 Å². The summed E-state index contributed by atoms with van der Waals surface area (Å²) >= 11 is 0. The van der Waals surface area contributed by atoms with Crippen molar-refractivity contribution in [2.24, 2.45) is 11.3 Å². The Labute approximate surface area is 289 Å². The predicted octanol–water partition coefficient (Wildman–Crippen LogP) is 7.37. The fourth-order valence-electron chi connectivity index (χ4n) is 7.59. The molecule has 1 aromatic heterocycles. The van der Waals surface area contributed by atoms with Gasteiger partial charge in [0.1, 0.15) is 17.7 Å². The van der Waals surface area contributed by atoms with Gasteiger partial charge in [0, 0.05) is 43.0 Å². The summed E-state index contributed by atoms with van der Waals surface area (Å²) in [6.45, 7) is 17.9. The summed E-state index contributed by atoms with van der Waals surface area (Å²) in [7, 11) is 0. The number of rotatable bonds is 13. The van der Waals surface area contributed by atoms with Crippen molar-refractivity contribution in [3.8, 4) is 11.1 Å². The number of likely N-dealkylation sites (tertiary alicyclic amines) is 1. The van der Waals surface area contributed by atoms with Crippen LogP contribution in [0.15, 0.2) is 35.3 Å². The summed E-state index contributed by atoms with van der Waals surface area (Å²) in [6.07, 6.45) is 4.94. The Kier molecular flexibility index (Phi) is 10.8. The van der Waals surface area contributed by atoms with E-state index in [4.69, 9.17) is 4.74 Å². The second-order valence-electron chi connectivity index (χ2n) is 15.0. The Bertz CT molecular complexity index is 1780. The van der Waals surface area contributed by atoms with Crippen LogP contribution in [-0.4, -0.2) is 47.6 Å². The zero-order valence-corrected chi connectivity index (χ0v) is 30.3. The van der Waals surface area contributed by atoms with E-state index < -0.39 is 47.6 Å². The number of nitrogens with zero attached hydrogens (tertiary/aromatic N) is 2. The fourth-order valence-corrected chi connectivity index (χ4v) is 7.59. The number of aryl methyl sites for hydroxylation is 5. The molecule has 3 aromatic rings. The molecule has 1 N–H and O–H groups in total. The molecule has 2 heterocycles. The maximum atomic E-state index is 16.7. The van der Waals surface area contributed by atoms with Gasteiger partial charge in [-0.2, -0.15) is 0 Å². The number of ether oxygens (including phenoxy) is 1. The first-order valence-electron chi connectivity index (χ1n) is 17.6. The fraction of sp³-hybridized carbons (Fsp3) is 0.525. The molecule has 49 heavy (non-hydrogen) atoms. The second-order valence-corrected chi connectivity index (χ2v) is 15.0. The van der Waals surface area contributed by atoms with Crippen LogP contribution in [0.1, 0.15) is 97.5 Å². The average molecular weight is 676 g/mol. The van der Waals surface area contributed by atoms with Crippen LogP contribution in [0.3, 0.4) is 0 Å². The molecule has 5 rings (SSSR count). The van der Waals surface area contributed by atoms with Crippen LogP contribution in [0, 0.1) is 57.6 Å². The molecule has 0 bridgehead atoms. The van der Waals surface area contributed by atoms with Crippen LogP contribution in [0.25, 0.3) is 11.1 Å². The third-order valence-corrected chi connectivity index (χ3v) is 10.2. The quantitative estimate of drug-likeness (QED) is 0.192. The Balaban J connectivity index is 1.52. The van der Waals surface area contributed by atoms with Crippen LogP contribution >= 0.6 is 0 Å². The van der Waals surface area contributed by atoms with E-state index in [1.165, 1.54) is 23.5 Å². The first-order chi connectivity index (χ1) is 23.1. The van der Waals surface area contributed by atoms with E-state index >= 15 is 8.78 Å². The van der Waals surface area contributed by atoms with E-state index in [1.54, 1.807) is 26.1 Å². The van der Waals surface area contributed by atoms with Gasteiger partial charge in [-0.25, -0.2) is 8.78 Å². The minimum atomic E-state index is -1.38. The van der Waals surface area contributed by atoms with Crippen molar-refractivity contribution in [1.29, 1.82) is 0 Å². The van der Waals surface area contributed by atoms with Gasteiger partial charge in [0.2, 0.25) is 5.91 Å². The van der Waals surface area contributed by atoms with Gasteiger partial charge in [-0.15, -0.1) is 0 Å². The number of nitrogens with one attached hydrogen (secondary N) is 1. The molecule has 264 valence electrons. The Morgan fingerprint density at radius 2 is 1.59 bits per heavy atom. The van der Waals surface area contributed by atoms with E-state index in [0.717, 1.165) is 53.9 Å². The molecule has 1 unspecified atom stereocenters. The molecule has 1 saturated carbocycles. The number of hydrogen-bond donors (Lipinski definition) is 1. The van der Waals surface area contributed by atoms with Crippen molar-refractivity contribution >= 4 is 11.9 Å². The van der Waals surface area contributed by atoms with Gasteiger partial charge in [0.05, 0.1) is 19.1 Å². The number of aromatic nitrogens is 1. The topological polar surface area (TPSA) is 80.6 Å². The number of carbonyl (C=O) groups excluding carboxylic acids is 2. The minimum Gasteiger partial charge on any atom is -0.466 e. The maximum Gasteiger partial charge on any atom is 0.308 e. The first-order valence-corrected chi connectivity index (χ1v) is 17.6. The van der Waals surface area contributed by atoms with Crippen molar-refractivity contribution in [2.75, 3.05) is 26.2 Å². The van der Waals surface area contributed by atoms with Gasteiger partial charge in [-0.1, -0.05) is 31.5 Å². The lowest BCUT2D eigenvalue weighted by atomic mass is 9.88. The largest absolute Gasteiger partial charge is 0.466 e. The Morgan fingerprint density at radius 3 is 2.18 bits per heavy atom. The highest BCUT2D eigenvalue weighted by atomic mass is 19.1. The van der Waals surface area contributed by atoms with E-state index in [9.17, 15) is 14.4 Å². The molecule has 9 heteroatoms. The number of hydrogen-bond acceptors (Lipinski definition) is 5. The lowest BCUT2D eigenvalue weighted by Crippen LogP contribution is -2.49. The number of pyridine rings is 1. The van der Waals surface area contributed by atoms with Crippen LogP contribution in [0.5, 0.6) is 0 Å². The number of halogens is 2. The molecular weight excluding hydrogens is 624 g/mol. The molecule has 2 aliphatic rings. The maximum absolute atomic E-state index is 16.7. The standard InChI is InChI=1S/C40H51F2N3O4/c1-9-49-34(47)19-31(36-37(41)28(8)17-30(38(36)42)35-26(6)15-24(4)16-27(35)7)43-39(48)32(14-23(2)3)45-20-29(25(5)18-33(45)46)10-13-44-21-40(22-44)11-12-40/h15-18,20,23,31-32H,9-14,19,21-22H2,1-8H3,(H,43,48)/t31-,32?/m0/s1. The highest BCUT2D eigenvalue weighted by molar-refractivity contribution is 5.82. The van der Waals surface area contributed by atoms with Gasteiger partial charge in [0.15, 0.2) is 0 Å². The highest BCUT2D eigenvalue weighted by Crippen LogP contribution is 2.52. The molecule has 1 amide bonds. The number of benzene rings is 2. The van der Waals surface area contributed by atoms with Crippen molar-refractivity contribution in [2.45, 2.75) is 99.6 Å². The van der Waals surface area contributed by atoms with Gasteiger partial charge >= 0.3 is 5.97 Å². The van der Waals surface area contributed by atoms with Crippen molar-refractivity contribution in [1.82, 2.24) is 14.8 Å². The summed E-state index contributed by atoms with van der Waals surface area (Å²) in [4.78, 5) is 43.1. The Morgan fingerprint density at radius 1 is 0.939 bits per heavy atom. The first kappa shape index (κ1) is 36.4. The number of esters is 1. The Hall–Kier alpha value is -3.85. The minimum absolute atomic E-state index is 0.0123. The third kappa shape index (κ3) is 7.98. The molecule has 2 fully saturated rings. The second kappa shape index (κ2) is 14.6. The van der Waals surface area contributed by atoms with Crippen LogP contribution in [0.2, 0.25) is 0 Å². The van der Waals surface area contributed by atoms with Gasteiger partial charge < -0.3 is 19.5 Å². The molecule has 7 nitrogen and oxygen atoms in total. The normalized spacial score (nSPS) is 16.4. The molecular formula is C40H51F2N3O4. The summed E-state index contributed by atoms with van der Waals surface area (Å²) in [5.74, 6) is -2.97. The predicted molar refractivity (Wildman–Crippen MR) is 189 cm³/mol. The lowest BCUT2D eigenvalue weighted by molar-refractivity contribution is -0.144. The van der Waals surface area contributed by atoms with Crippen molar-refractivity contribution in [3.63, 3.8) is 0 Å². The SMILES string of the molecule is CCOC(=O)C[C@H](NC(=O)C(CC(C)C)n1cc(CCN2CC3(CC3)C2)c(C)cc1=O)c1c(F)c(C)cc(-c2c(C)cc(C)cc2C)c1F. The highest BCUT2D eigenvalue weighted by Gasteiger charge is 2.51. The number of amides is 1. The third-order valence-electron chi connectivity index (χ3n) is 10.2. The lowest BCUT2D eigenvalue weighted by Gasteiger charge is -2.40. The summed E-state index contributed by atoms with van der Waals surface area (Å²) in [6, 6.07) is 4.56. The van der Waals surface area contributed by atoms with Gasteiger partial charge in [-0.3, -0.25) is 14.4 Å². The zero-order valence-electron chi connectivity index (χ0n) is 30.3. The van der Waals surface area contributed by atoms with Crippen LogP contribution in [0.4, 0.5) is 8.78 Å². The number of carbonyl (C=O) groups is 2. The molecule has 1 aliphatic carbocycles. The summed E-state index contributed by atoms with van der Waals surface area (Å²) < 4.78 is 39.5. The van der Waals surface area contributed by atoms with E-state index in [-0.39, 0.29) is 29.2 Å². The molecule has 0 radical (unpaired) electrons. The smallest absolute Gasteiger partial charge is 0.308 e. The molecule has 1 aliphatic heterocycles. The van der Waals surface area contributed by atoms with Crippen LogP contribution in [-0.2, 0) is 20.7 Å². The van der Waals surface area contributed by atoms with Gasteiger partial charge in [0.25, 0.3) is 5.56 Å². The van der Waals surface area contributed by atoms with E-state index in [0.29, 0.717) is 17.4 Å². The zero-order chi connectivity index (χ0) is 35.8. The van der Waals surface area contributed by atoms with Crippen LogP contribution < -0.4 is 10.9 Å². The summed E-state index contributed by atoms with van der Waals surface area (Å²) in [5, 5.41) is 2.81.